The molecular formula is C12H24N2O3S. The fourth-order valence-electron chi connectivity index (χ4n) is 1.73. The lowest BCUT2D eigenvalue weighted by atomic mass is 10.1. The van der Waals surface area contributed by atoms with Crippen molar-refractivity contribution < 1.29 is 13.2 Å². The predicted octanol–water partition coefficient (Wildman–Crippen LogP) is 0.641. The highest BCUT2D eigenvalue weighted by atomic mass is 32.2. The van der Waals surface area contributed by atoms with Gasteiger partial charge in [-0.15, -0.1) is 0 Å². The maximum atomic E-state index is 11.6. The maximum Gasteiger partial charge on any atom is 0.213 e. The van der Waals surface area contributed by atoms with Crippen molar-refractivity contribution in [2.75, 3.05) is 32.0 Å². The Morgan fingerprint density at radius 3 is 2.89 bits per heavy atom. The summed E-state index contributed by atoms with van der Waals surface area (Å²) in [6.45, 7) is 6.40. The van der Waals surface area contributed by atoms with Crippen LogP contribution in [0.3, 0.4) is 0 Å². The van der Waals surface area contributed by atoms with Gasteiger partial charge in [-0.3, -0.25) is 0 Å². The molecule has 0 bridgehead atoms. The van der Waals surface area contributed by atoms with E-state index >= 15 is 0 Å². The molecule has 0 aliphatic carbocycles. The van der Waals surface area contributed by atoms with Crippen molar-refractivity contribution in [3.05, 3.63) is 11.6 Å². The van der Waals surface area contributed by atoms with E-state index in [9.17, 15) is 8.42 Å². The fraction of sp³-hybridized carbons (Fsp3) is 0.833. The van der Waals surface area contributed by atoms with E-state index in [4.69, 9.17) is 4.74 Å². The third-order valence-electron chi connectivity index (χ3n) is 2.73. The molecular weight excluding hydrogens is 252 g/mol. The second-order valence-corrected chi connectivity index (χ2v) is 6.63. The lowest BCUT2D eigenvalue weighted by Crippen LogP contribution is -2.30. The highest BCUT2D eigenvalue weighted by Crippen LogP contribution is 2.08. The molecule has 0 saturated carbocycles. The molecule has 5 nitrogen and oxygen atoms in total. The van der Waals surface area contributed by atoms with E-state index in [0.717, 1.165) is 25.9 Å². The van der Waals surface area contributed by atoms with Crippen molar-refractivity contribution in [1.29, 1.82) is 0 Å². The van der Waals surface area contributed by atoms with E-state index in [1.807, 2.05) is 13.8 Å². The first-order valence-corrected chi connectivity index (χ1v) is 8.12. The molecule has 0 amide bonds. The predicted molar refractivity (Wildman–Crippen MR) is 73.1 cm³/mol. The molecule has 2 N–H and O–H groups in total. The van der Waals surface area contributed by atoms with Crippen LogP contribution in [0.25, 0.3) is 0 Å². The summed E-state index contributed by atoms with van der Waals surface area (Å²) in [6, 6.07) is 0. The lowest BCUT2D eigenvalue weighted by Gasteiger charge is -2.14. The van der Waals surface area contributed by atoms with Gasteiger partial charge in [-0.05, 0) is 33.2 Å². The van der Waals surface area contributed by atoms with Crippen LogP contribution in [0.15, 0.2) is 11.6 Å². The molecule has 0 aromatic heterocycles. The van der Waals surface area contributed by atoms with Crippen LogP contribution in [0.2, 0.25) is 0 Å². The smallest absolute Gasteiger partial charge is 0.213 e. The molecule has 0 spiro atoms. The van der Waals surface area contributed by atoms with Gasteiger partial charge in [-0.25, -0.2) is 13.1 Å². The first-order chi connectivity index (χ1) is 8.49. The highest BCUT2D eigenvalue weighted by Gasteiger charge is 2.11. The SMILES string of the molecule is CC(C)OCCS(=O)(=O)NCCC1=CCNCC1. The van der Waals surface area contributed by atoms with E-state index in [2.05, 4.69) is 16.1 Å². The Morgan fingerprint density at radius 2 is 2.28 bits per heavy atom. The molecule has 0 saturated heterocycles. The lowest BCUT2D eigenvalue weighted by molar-refractivity contribution is 0.0911. The fourth-order valence-corrected chi connectivity index (χ4v) is 2.60. The van der Waals surface area contributed by atoms with Crippen LogP contribution in [0, 0.1) is 0 Å². The number of nitrogens with one attached hydrogen (secondary N) is 2. The first kappa shape index (κ1) is 15.6. The van der Waals surface area contributed by atoms with Gasteiger partial charge >= 0.3 is 0 Å². The molecule has 1 aliphatic heterocycles. The summed E-state index contributed by atoms with van der Waals surface area (Å²) in [5, 5.41) is 3.23. The van der Waals surface area contributed by atoms with Gasteiger partial charge in [0.2, 0.25) is 10.0 Å². The zero-order valence-corrected chi connectivity index (χ0v) is 12.1. The summed E-state index contributed by atoms with van der Waals surface area (Å²) in [5.74, 6) is 0.0335. The quantitative estimate of drug-likeness (QED) is 0.639. The highest BCUT2D eigenvalue weighted by molar-refractivity contribution is 7.89. The van der Waals surface area contributed by atoms with Crippen molar-refractivity contribution in [1.82, 2.24) is 10.0 Å². The summed E-state index contributed by atoms with van der Waals surface area (Å²) in [4.78, 5) is 0. The molecule has 0 atom stereocenters. The van der Waals surface area contributed by atoms with Gasteiger partial charge in [-0.2, -0.15) is 0 Å². The Hall–Kier alpha value is -0.430. The van der Waals surface area contributed by atoms with Crippen molar-refractivity contribution in [2.24, 2.45) is 0 Å². The minimum absolute atomic E-state index is 0.0335. The van der Waals surface area contributed by atoms with Gasteiger partial charge in [0.25, 0.3) is 0 Å². The number of hydrogen-bond acceptors (Lipinski definition) is 4. The Labute approximate surface area is 110 Å². The summed E-state index contributed by atoms with van der Waals surface area (Å²) in [6.07, 6.45) is 4.02. The van der Waals surface area contributed by atoms with Crippen molar-refractivity contribution >= 4 is 10.0 Å². The van der Waals surface area contributed by atoms with Crippen LogP contribution in [0.5, 0.6) is 0 Å². The van der Waals surface area contributed by atoms with Gasteiger partial charge in [0.05, 0.1) is 18.5 Å². The third-order valence-corrected chi connectivity index (χ3v) is 4.08. The molecule has 1 heterocycles. The van der Waals surface area contributed by atoms with Crippen molar-refractivity contribution in [3.63, 3.8) is 0 Å². The minimum atomic E-state index is -3.20. The van der Waals surface area contributed by atoms with Crippen LogP contribution in [0.1, 0.15) is 26.7 Å². The number of ether oxygens (including phenoxy) is 1. The molecule has 0 fully saturated rings. The average Bonchev–Trinajstić information content (AvgIpc) is 2.29. The molecule has 18 heavy (non-hydrogen) atoms. The van der Waals surface area contributed by atoms with E-state index in [-0.39, 0.29) is 18.5 Å². The van der Waals surface area contributed by atoms with Crippen LogP contribution >= 0.6 is 0 Å². The standard InChI is InChI=1S/C12H24N2O3S/c1-11(2)17-9-10-18(15,16)14-8-5-12-3-6-13-7-4-12/h3,11,13-14H,4-10H2,1-2H3. The summed E-state index contributed by atoms with van der Waals surface area (Å²) in [5.41, 5.74) is 1.33. The molecule has 0 aromatic carbocycles. The van der Waals surface area contributed by atoms with Crippen molar-refractivity contribution in [2.45, 2.75) is 32.8 Å². The normalized spacial score (nSPS) is 16.9. The summed E-state index contributed by atoms with van der Waals surface area (Å²) in [7, 11) is -3.20. The zero-order chi connectivity index (χ0) is 13.4. The molecule has 6 heteroatoms. The van der Waals surface area contributed by atoms with Crippen LogP contribution in [0.4, 0.5) is 0 Å². The molecule has 106 valence electrons. The number of sulfonamides is 1. The molecule has 0 unspecified atom stereocenters. The van der Waals surface area contributed by atoms with Gasteiger partial charge < -0.3 is 10.1 Å². The largest absolute Gasteiger partial charge is 0.378 e. The van der Waals surface area contributed by atoms with Gasteiger partial charge in [0.15, 0.2) is 0 Å². The molecule has 1 aliphatic rings. The Balaban J connectivity index is 2.18. The van der Waals surface area contributed by atoms with E-state index in [1.165, 1.54) is 5.57 Å². The molecule has 0 radical (unpaired) electrons. The minimum Gasteiger partial charge on any atom is -0.378 e. The Bertz CT molecular complexity index is 364. The topological polar surface area (TPSA) is 67.4 Å². The maximum absolute atomic E-state index is 11.6. The summed E-state index contributed by atoms with van der Waals surface area (Å²) < 4.78 is 31.1. The van der Waals surface area contributed by atoms with E-state index < -0.39 is 10.0 Å². The molecule has 0 aromatic rings. The van der Waals surface area contributed by atoms with E-state index in [1.54, 1.807) is 0 Å². The number of rotatable bonds is 8. The van der Waals surface area contributed by atoms with Crippen LogP contribution < -0.4 is 10.0 Å². The third kappa shape index (κ3) is 7.10. The molecule has 1 rings (SSSR count). The monoisotopic (exact) mass is 276 g/mol. The Morgan fingerprint density at radius 1 is 1.50 bits per heavy atom. The van der Waals surface area contributed by atoms with E-state index in [0.29, 0.717) is 6.54 Å². The average molecular weight is 276 g/mol. The van der Waals surface area contributed by atoms with Crippen LogP contribution in [-0.2, 0) is 14.8 Å². The van der Waals surface area contributed by atoms with Gasteiger partial charge in [0, 0.05) is 13.1 Å². The second kappa shape index (κ2) is 7.89. The van der Waals surface area contributed by atoms with Gasteiger partial charge in [-0.1, -0.05) is 11.6 Å². The number of hydrogen-bond donors (Lipinski definition) is 2. The summed E-state index contributed by atoms with van der Waals surface area (Å²) >= 11 is 0. The zero-order valence-electron chi connectivity index (χ0n) is 11.2. The Kier molecular flexibility index (Phi) is 6.85. The second-order valence-electron chi connectivity index (χ2n) is 4.70. The van der Waals surface area contributed by atoms with Crippen molar-refractivity contribution in [3.8, 4) is 0 Å². The first-order valence-electron chi connectivity index (χ1n) is 6.47. The van der Waals surface area contributed by atoms with Crippen LogP contribution in [-0.4, -0.2) is 46.5 Å². The van der Waals surface area contributed by atoms with Gasteiger partial charge in [0.1, 0.15) is 0 Å².